The van der Waals surface area contributed by atoms with E-state index < -0.39 is 11.6 Å². The minimum atomic E-state index is -0.602. The Kier molecular flexibility index (Phi) is 8.29. The van der Waals surface area contributed by atoms with Crippen LogP contribution in [0.2, 0.25) is 0 Å². The van der Waals surface area contributed by atoms with Crippen molar-refractivity contribution in [3.63, 3.8) is 0 Å². The molecule has 0 radical (unpaired) electrons. The van der Waals surface area contributed by atoms with Crippen LogP contribution in [0, 0.1) is 11.6 Å². The highest BCUT2D eigenvalue weighted by Crippen LogP contribution is 2.23. The smallest absolute Gasteiger partial charge is 0.150 e. The lowest BCUT2D eigenvalue weighted by Gasteiger charge is -2.10. The van der Waals surface area contributed by atoms with Crippen LogP contribution >= 0.6 is 12.4 Å². The fourth-order valence-electron chi connectivity index (χ4n) is 1.95. The van der Waals surface area contributed by atoms with Crippen molar-refractivity contribution in [2.45, 2.75) is 6.42 Å². The SMILES string of the molecule is CN(C)CCCNc1ccc(N=Nc2cc(F)ccc2F)cc1.Cl. The molecular formula is C17H21ClF2N4. The Morgan fingerprint density at radius 1 is 1.00 bits per heavy atom. The zero-order valence-corrected chi connectivity index (χ0v) is 14.5. The minimum Gasteiger partial charge on any atom is -0.385 e. The summed E-state index contributed by atoms with van der Waals surface area (Å²) in [5.74, 6) is -1.15. The van der Waals surface area contributed by atoms with Crippen molar-refractivity contribution in [1.29, 1.82) is 0 Å². The predicted octanol–water partition coefficient (Wildman–Crippen LogP) is 5.17. The summed E-state index contributed by atoms with van der Waals surface area (Å²) in [6.07, 6.45) is 1.05. The Hall–Kier alpha value is -2.05. The van der Waals surface area contributed by atoms with E-state index in [0.717, 1.165) is 43.4 Å². The Bertz CT molecular complexity index is 660. The molecule has 2 rings (SSSR count). The standard InChI is InChI=1S/C17H20F2N4.ClH/c1-23(2)11-3-10-20-14-5-7-15(8-6-14)21-22-17-12-13(18)4-9-16(17)19;/h4-9,12,20H,3,10-11H2,1-2H3;1H. The van der Waals surface area contributed by atoms with Crippen LogP contribution in [0.4, 0.5) is 25.8 Å². The molecule has 0 aliphatic carbocycles. The Labute approximate surface area is 147 Å². The Balaban J connectivity index is 0.00000288. The van der Waals surface area contributed by atoms with Crippen molar-refractivity contribution < 1.29 is 8.78 Å². The van der Waals surface area contributed by atoms with Gasteiger partial charge in [0.05, 0.1) is 5.69 Å². The van der Waals surface area contributed by atoms with Gasteiger partial charge in [0, 0.05) is 18.3 Å². The van der Waals surface area contributed by atoms with E-state index >= 15 is 0 Å². The van der Waals surface area contributed by atoms with E-state index in [4.69, 9.17) is 0 Å². The summed E-state index contributed by atoms with van der Waals surface area (Å²) in [6, 6.07) is 10.4. The van der Waals surface area contributed by atoms with Gasteiger partial charge in [-0.05, 0) is 63.5 Å². The number of halogens is 3. The average molecular weight is 355 g/mol. The molecule has 130 valence electrons. The molecule has 0 unspecified atom stereocenters. The van der Waals surface area contributed by atoms with Crippen molar-refractivity contribution >= 4 is 29.5 Å². The fraction of sp³-hybridized carbons (Fsp3) is 0.294. The zero-order valence-electron chi connectivity index (χ0n) is 13.7. The first kappa shape index (κ1) is 20.0. The van der Waals surface area contributed by atoms with E-state index in [2.05, 4.69) is 20.4 Å². The summed E-state index contributed by atoms with van der Waals surface area (Å²) >= 11 is 0. The molecule has 0 saturated heterocycles. The summed E-state index contributed by atoms with van der Waals surface area (Å²) in [5.41, 5.74) is 1.45. The number of anilines is 1. The van der Waals surface area contributed by atoms with Crippen molar-refractivity contribution in [2.24, 2.45) is 10.2 Å². The number of nitrogens with zero attached hydrogens (tertiary/aromatic N) is 3. The maximum Gasteiger partial charge on any atom is 0.150 e. The molecule has 0 amide bonds. The Morgan fingerprint density at radius 3 is 2.38 bits per heavy atom. The zero-order chi connectivity index (χ0) is 16.7. The second kappa shape index (κ2) is 9.95. The highest BCUT2D eigenvalue weighted by molar-refractivity contribution is 5.85. The van der Waals surface area contributed by atoms with E-state index in [-0.39, 0.29) is 18.1 Å². The highest BCUT2D eigenvalue weighted by atomic mass is 35.5. The van der Waals surface area contributed by atoms with Crippen LogP contribution in [0.3, 0.4) is 0 Å². The van der Waals surface area contributed by atoms with Gasteiger partial charge in [-0.3, -0.25) is 0 Å². The lowest BCUT2D eigenvalue weighted by Crippen LogP contribution is -2.16. The van der Waals surface area contributed by atoms with Crippen LogP contribution in [-0.4, -0.2) is 32.1 Å². The molecule has 0 fully saturated rings. The third-order valence-electron chi connectivity index (χ3n) is 3.16. The molecule has 0 heterocycles. The summed E-state index contributed by atoms with van der Waals surface area (Å²) in [7, 11) is 4.09. The predicted molar refractivity (Wildman–Crippen MR) is 95.9 cm³/mol. The normalized spacial score (nSPS) is 10.9. The van der Waals surface area contributed by atoms with E-state index in [1.54, 1.807) is 12.1 Å². The van der Waals surface area contributed by atoms with Crippen LogP contribution in [0.1, 0.15) is 6.42 Å². The van der Waals surface area contributed by atoms with Gasteiger partial charge in [-0.1, -0.05) is 0 Å². The largest absolute Gasteiger partial charge is 0.385 e. The summed E-state index contributed by atoms with van der Waals surface area (Å²) < 4.78 is 26.5. The molecule has 0 aliphatic heterocycles. The number of hydrogen-bond acceptors (Lipinski definition) is 4. The van der Waals surface area contributed by atoms with Gasteiger partial charge in [0.2, 0.25) is 0 Å². The van der Waals surface area contributed by atoms with Gasteiger partial charge in [0.25, 0.3) is 0 Å². The van der Waals surface area contributed by atoms with Crippen LogP contribution in [0.25, 0.3) is 0 Å². The Morgan fingerprint density at radius 2 is 1.71 bits per heavy atom. The molecule has 0 saturated carbocycles. The number of hydrogen-bond donors (Lipinski definition) is 1. The molecule has 0 spiro atoms. The van der Waals surface area contributed by atoms with Crippen LogP contribution in [0.15, 0.2) is 52.7 Å². The van der Waals surface area contributed by atoms with E-state index in [1.807, 2.05) is 26.2 Å². The maximum absolute atomic E-state index is 13.4. The number of azo groups is 1. The van der Waals surface area contributed by atoms with Gasteiger partial charge in [0.15, 0.2) is 5.82 Å². The van der Waals surface area contributed by atoms with Crippen LogP contribution in [-0.2, 0) is 0 Å². The number of nitrogens with one attached hydrogen (secondary N) is 1. The van der Waals surface area contributed by atoms with Gasteiger partial charge in [-0.15, -0.1) is 17.5 Å². The second-order valence-corrected chi connectivity index (χ2v) is 5.43. The molecule has 0 bridgehead atoms. The summed E-state index contributed by atoms with van der Waals surface area (Å²) in [6.45, 7) is 1.91. The van der Waals surface area contributed by atoms with E-state index in [1.165, 1.54) is 0 Å². The molecule has 1 N–H and O–H groups in total. The van der Waals surface area contributed by atoms with Gasteiger partial charge in [0.1, 0.15) is 11.5 Å². The average Bonchev–Trinajstić information content (AvgIpc) is 2.53. The van der Waals surface area contributed by atoms with Crippen LogP contribution < -0.4 is 5.32 Å². The first-order valence-corrected chi connectivity index (χ1v) is 7.40. The summed E-state index contributed by atoms with van der Waals surface area (Å²) in [4.78, 5) is 2.14. The molecule has 0 aliphatic rings. The summed E-state index contributed by atoms with van der Waals surface area (Å²) in [5, 5.41) is 11.0. The quantitative estimate of drug-likeness (QED) is 0.550. The molecule has 2 aromatic rings. The third-order valence-corrected chi connectivity index (χ3v) is 3.16. The van der Waals surface area contributed by atoms with Crippen molar-refractivity contribution in [3.05, 3.63) is 54.1 Å². The first-order valence-electron chi connectivity index (χ1n) is 7.40. The number of benzene rings is 2. The highest BCUT2D eigenvalue weighted by Gasteiger charge is 2.02. The first-order chi connectivity index (χ1) is 11.0. The fourth-order valence-corrected chi connectivity index (χ4v) is 1.95. The van der Waals surface area contributed by atoms with Crippen molar-refractivity contribution in [1.82, 2.24) is 4.90 Å². The topological polar surface area (TPSA) is 40.0 Å². The minimum absolute atomic E-state index is 0. The lowest BCUT2D eigenvalue weighted by atomic mass is 10.3. The van der Waals surface area contributed by atoms with Crippen molar-refractivity contribution in [3.8, 4) is 0 Å². The van der Waals surface area contributed by atoms with E-state index in [0.29, 0.717) is 5.69 Å². The molecule has 2 aromatic carbocycles. The third kappa shape index (κ3) is 6.60. The lowest BCUT2D eigenvalue weighted by molar-refractivity contribution is 0.405. The molecular weight excluding hydrogens is 334 g/mol. The van der Waals surface area contributed by atoms with Gasteiger partial charge in [-0.2, -0.15) is 5.11 Å². The van der Waals surface area contributed by atoms with Gasteiger partial charge >= 0.3 is 0 Å². The van der Waals surface area contributed by atoms with E-state index in [9.17, 15) is 8.78 Å². The van der Waals surface area contributed by atoms with Gasteiger partial charge < -0.3 is 10.2 Å². The number of rotatable bonds is 7. The monoisotopic (exact) mass is 354 g/mol. The maximum atomic E-state index is 13.4. The molecule has 4 nitrogen and oxygen atoms in total. The molecule has 0 atom stereocenters. The van der Waals surface area contributed by atoms with Crippen molar-refractivity contribution in [2.75, 3.05) is 32.5 Å². The molecule has 7 heteroatoms. The molecule has 24 heavy (non-hydrogen) atoms. The molecule has 0 aromatic heterocycles. The van der Waals surface area contributed by atoms with Crippen LogP contribution in [0.5, 0.6) is 0 Å². The van der Waals surface area contributed by atoms with Gasteiger partial charge in [-0.25, -0.2) is 8.78 Å². The second-order valence-electron chi connectivity index (χ2n) is 5.43.